The van der Waals surface area contributed by atoms with Crippen LogP contribution in [0.5, 0.6) is 0 Å². The fourth-order valence-electron chi connectivity index (χ4n) is 1.88. The van der Waals surface area contributed by atoms with Gasteiger partial charge in [0, 0.05) is 6.54 Å². The molecule has 1 N–H and O–H groups in total. The molecule has 18 heavy (non-hydrogen) atoms. The molecule has 4 nitrogen and oxygen atoms in total. The second kappa shape index (κ2) is 6.32. The molecular formula is C11H19ClN2O2S2. The average molecular weight is 311 g/mol. The normalized spacial score (nSPS) is 12.9. The summed E-state index contributed by atoms with van der Waals surface area (Å²) < 4.78 is 27.0. The summed E-state index contributed by atoms with van der Waals surface area (Å²) in [6.45, 7) is 8.84. The highest BCUT2D eigenvalue weighted by Crippen LogP contribution is 2.24. The quantitative estimate of drug-likeness (QED) is 0.878. The van der Waals surface area contributed by atoms with Gasteiger partial charge in [-0.05, 0) is 17.8 Å². The van der Waals surface area contributed by atoms with E-state index in [-0.39, 0.29) is 8.68 Å². The smallest absolute Gasteiger partial charge is 0.232 e. The molecule has 0 aliphatic rings. The second-order valence-corrected chi connectivity index (χ2v) is 8.54. The van der Waals surface area contributed by atoms with Crippen molar-refractivity contribution in [3.63, 3.8) is 0 Å². The lowest BCUT2D eigenvalue weighted by Crippen LogP contribution is -2.33. The largest absolute Gasteiger partial charge is 0.251 e. The summed E-state index contributed by atoms with van der Waals surface area (Å²) >= 11 is 6.61. The van der Waals surface area contributed by atoms with E-state index in [0.29, 0.717) is 24.3 Å². The number of rotatable bonds is 6. The van der Waals surface area contributed by atoms with Crippen LogP contribution in [0, 0.1) is 17.8 Å². The topological polar surface area (TPSA) is 59.1 Å². The minimum absolute atomic E-state index is 0.166. The SMILES string of the molecule is CC(C)C(CNS(=O)(=O)c1cnc(Cl)s1)C(C)C. The van der Waals surface area contributed by atoms with Crippen molar-refractivity contribution in [2.45, 2.75) is 31.9 Å². The number of nitrogens with zero attached hydrogens (tertiary/aromatic N) is 1. The van der Waals surface area contributed by atoms with Crippen LogP contribution in [0.3, 0.4) is 0 Å². The molecule has 0 aliphatic carbocycles. The summed E-state index contributed by atoms with van der Waals surface area (Å²) in [5, 5.41) is 0. The Balaban J connectivity index is 2.73. The van der Waals surface area contributed by atoms with Gasteiger partial charge in [0.25, 0.3) is 10.0 Å². The van der Waals surface area contributed by atoms with Crippen LogP contribution in [-0.2, 0) is 10.0 Å². The predicted octanol–water partition coefficient (Wildman–Crippen LogP) is 3.00. The van der Waals surface area contributed by atoms with E-state index in [4.69, 9.17) is 11.6 Å². The van der Waals surface area contributed by atoms with E-state index in [9.17, 15) is 8.42 Å². The van der Waals surface area contributed by atoms with Gasteiger partial charge in [-0.2, -0.15) is 0 Å². The third kappa shape index (κ3) is 4.19. The summed E-state index contributed by atoms with van der Waals surface area (Å²) in [6, 6.07) is 0. The zero-order chi connectivity index (χ0) is 13.9. The van der Waals surface area contributed by atoms with Gasteiger partial charge in [-0.1, -0.05) is 50.6 Å². The maximum Gasteiger partial charge on any atom is 0.251 e. The van der Waals surface area contributed by atoms with E-state index >= 15 is 0 Å². The van der Waals surface area contributed by atoms with E-state index in [0.717, 1.165) is 11.3 Å². The van der Waals surface area contributed by atoms with E-state index in [2.05, 4.69) is 37.4 Å². The number of nitrogens with one attached hydrogen (secondary N) is 1. The minimum Gasteiger partial charge on any atom is -0.232 e. The molecule has 1 aromatic heterocycles. The van der Waals surface area contributed by atoms with Gasteiger partial charge in [-0.25, -0.2) is 18.1 Å². The van der Waals surface area contributed by atoms with Crippen LogP contribution < -0.4 is 4.72 Å². The Bertz CT molecular complexity index is 475. The van der Waals surface area contributed by atoms with Crippen LogP contribution in [0.1, 0.15) is 27.7 Å². The average Bonchev–Trinajstić information content (AvgIpc) is 2.64. The molecular weight excluding hydrogens is 292 g/mol. The fourth-order valence-corrected chi connectivity index (χ4v) is 4.29. The molecule has 1 aromatic rings. The maximum atomic E-state index is 12.0. The third-order valence-corrected chi connectivity index (χ3v) is 5.94. The van der Waals surface area contributed by atoms with Gasteiger partial charge in [0.15, 0.2) is 8.68 Å². The summed E-state index contributed by atoms with van der Waals surface area (Å²) in [4.78, 5) is 3.75. The summed E-state index contributed by atoms with van der Waals surface area (Å²) in [5.41, 5.74) is 0. The van der Waals surface area contributed by atoms with Crippen molar-refractivity contribution in [1.29, 1.82) is 0 Å². The zero-order valence-electron chi connectivity index (χ0n) is 11.0. The Kier molecular flexibility index (Phi) is 5.58. The number of hydrogen-bond donors (Lipinski definition) is 1. The molecule has 0 radical (unpaired) electrons. The first-order chi connectivity index (χ1) is 8.24. The van der Waals surface area contributed by atoms with Gasteiger partial charge in [0.05, 0.1) is 6.20 Å². The predicted molar refractivity (Wildman–Crippen MR) is 75.5 cm³/mol. The van der Waals surface area contributed by atoms with Crippen LogP contribution in [0.2, 0.25) is 4.47 Å². The molecule has 0 atom stereocenters. The Morgan fingerprint density at radius 2 is 1.89 bits per heavy atom. The van der Waals surface area contributed by atoms with Crippen molar-refractivity contribution in [2.75, 3.05) is 6.54 Å². The number of thiazole rings is 1. The van der Waals surface area contributed by atoms with Crippen LogP contribution in [0.4, 0.5) is 0 Å². The molecule has 0 aliphatic heterocycles. The Morgan fingerprint density at radius 1 is 1.33 bits per heavy atom. The van der Waals surface area contributed by atoms with Gasteiger partial charge in [0.1, 0.15) is 0 Å². The van der Waals surface area contributed by atoms with Gasteiger partial charge in [-0.15, -0.1) is 0 Å². The van der Waals surface area contributed by atoms with Crippen molar-refractivity contribution in [3.8, 4) is 0 Å². The van der Waals surface area contributed by atoms with E-state index in [1.807, 2.05) is 0 Å². The summed E-state index contributed by atoms with van der Waals surface area (Å²) in [7, 11) is -3.48. The highest BCUT2D eigenvalue weighted by molar-refractivity contribution is 7.91. The second-order valence-electron chi connectivity index (χ2n) is 4.94. The first-order valence-corrected chi connectivity index (χ1v) is 8.52. The lowest BCUT2D eigenvalue weighted by atomic mass is 9.86. The van der Waals surface area contributed by atoms with Crippen molar-refractivity contribution in [2.24, 2.45) is 17.8 Å². The first-order valence-electron chi connectivity index (χ1n) is 5.85. The molecule has 0 bridgehead atoms. The van der Waals surface area contributed by atoms with Crippen LogP contribution in [0.25, 0.3) is 0 Å². The molecule has 0 spiro atoms. The Hall–Kier alpha value is -0.170. The van der Waals surface area contributed by atoms with E-state index in [1.165, 1.54) is 6.20 Å². The Morgan fingerprint density at radius 3 is 2.28 bits per heavy atom. The van der Waals surface area contributed by atoms with Crippen molar-refractivity contribution in [1.82, 2.24) is 9.71 Å². The van der Waals surface area contributed by atoms with Crippen LogP contribution in [-0.4, -0.2) is 19.9 Å². The highest BCUT2D eigenvalue weighted by Gasteiger charge is 2.22. The standard InChI is InChI=1S/C11H19ClN2O2S2/c1-7(2)9(8(3)4)5-14-18(15,16)10-6-13-11(12)17-10/h6-9,14H,5H2,1-4H3. The van der Waals surface area contributed by atoms with E-state index < -0.39 is 10.0 Å². The van der Waals surface area contributed by atoms with Gasteiger partial charge in [-0.3, -0.25) is 0 Å². The number of sulfonamides is 1. The number of halogens is 1. The van der Waals surface area contributed by atoms with Crippen molar-refractivity contribution in [3.05, 3.63) is 10.7 Å². The fraction of sp³-hybridized carbons (Fsp3) is 0.727. The summed E-state index contributed by atoms with van der Waals surface area (Å²) in [5.74, 6) is 1.17. The van der Waals surface area contributed by atoms with Gasteiger partial charge >= 0.3 is 0 Å². The molecule has 0 saturated carbocycles. The zero-order valence-corrected chi connectivity index (χ0v) is 13.4. The maximum absolute atomic E-state index is 12.0. The molecule has 0 amide bonds. The minimum atomic E-state index is -3.48. The molecule has 1 rings (SSSR count). The number of hydrogen-bond acceptors (Lipinski definition) is 4. The molecule has 0 fully saturated rings. The van der Waals surface area contributed by atoms with Crippen LogP contribution >= 0.6 is 22.9 Å². The summed E-state index contributed by atoms with van der Waals surface area (Å²) in [6.07, 6.45) is 1.29. The van der Waals surface area contributed by atoms with Gasteiger partial charge < -0.3 is 0 Å². The highest BCUT2D eigenvalue weighted by atomic mass is 35.5. The molecule has 0 aromatic carbocycles. The monoisotopic (exact) mass is 310 g/mol. The Labute approximate surface area is 118 Å². The molecule has 0 unspecified atom stereocenters. The third-order valence-electron chi connectivity index (χ3n) is 2.94. The van der Waals surface area contributed by atoms with Crippen LogP contribution in [0.15, 0.2) is 10.4 Å². The van der Waals surface area contributed by atoms with Gasteiger partial charge in [0.2, 0.25) is 0 Å². The first kappa shape index (κ1) is 15.9. The molecule has 104 valence electrons. The van der Waals surface area contributed by atoms with E-state index in [1.54, 1.807) is 0 Å². The lowest BCUT2D eigenvalue weighted by molar-refractivity contribution is 0.289. The number of aromatic nitrogens is 1. The van der Waals surface area contributed by atoms with Crippen molar-refractivity contribution >= 4 is 33.0 Å². The van der Waals surface area contributed by atoms with Crippen molar-refractivity contribution < 1.29 is 8.42 Å². The molecule has 7 heteroatoms. The lowest BCUT2D eigenvalue weighted by Gasteiger charge is -2.24. The molecule has 1 heterocycles. The molecule has 0 saturated heterocycles.